The van der Waals surface area contributed by atoms with Crippen molar-refractivity contribution in [3.63, 3.8) is 0 Å². The molecule has 7 unspecified atom stereocenters. The van der Waals surface area contributed by atoms with Crippen LogP contribution in [0.3, 0.4) is 0 Å². The molecule has 3 fully saturated rings. The lowest BCUT2D eigenvalue weighted by molar-refractivity contribution is -0.123. The Bertz CT molecular complexity index is 804. The Balaban J connectivity index is 1.27. The van der Waals surface area contributed by atoms with Crippen LogP contribution in [-0.2, 0) is 16.0 Å². The molecule has 1 amide bonds. The molecule has 3 aliphatic carbocycles. The van der Waals surface area contributed by atoms with Gasteiger partial charge in [-0.1, -0.05) is 13.0 Å². The summed E-state index contributed by atoms with van der Waals surface area (Å²) in [6.07, 6.45) is 7.43. The number of ether oxygens (including phenoxy) is 1. The molecule has 1 aliphatic heterocycles. The molecular weight excluding hydrogens is 378 g/mol. The van der Waals surface area contributed by atoms with E-state index in [2.05, 4.69) is 18.3 Å². The maximum atomic E-state index is 12.6. The van der Waals surface area contributed by atoms with Crippen molar-refractivity contribution in [2.45, 2.75) is 76.4 Å². The van der Waals surface area contributed by atoms with Crippen LogP contribution in [0.2, 0.25) is 0 Å². The minimum absolute atomic E-state index is 0.0458. The van der Waals surface area contributed by atoms with Crippen LogP contribution in [-0.4, -0.2) is 41.5 Å². The first-order valence-electron chi connectivity index (χ1n) is 11.8. The topological polar surface area (TPSA) is 78.8 Å². The highest BCUT2D eigenvalue weighted by Gasteiger charge is 2.58. The standard InChI is InChI=1S/C25H35NO4/c1-25-9-8-20-19-7-5-17(27)11-15(19)4-6-21(20)22(25)12-16(24(25)29)13-23(28)26-14-18-3-2-10-30-18/h5,7,11,16,18,20-22,24,27,29H,2-4,6,8-10,12-14H2,1H3,(H,26,28). The van der Waals surface area contributed by atoms with Crippen molar-refractivity contribution in [3.05, 3.63) is 29.3 Å². The van der Waals surface area contributed by atoms with Crippen molar-refractivity contribution in [1.29, 1.82) is 0 Å². The van der Waals surface area contributed by atoms with E-state index in [4.69, 9.17) is 4.74 Å². The molecule has 0 bridgehead atoms. The van der Waals surface area contributed by atoms with E-state index in [1.807, 2.05) is 12.1 Å². The Kier molecular flexibility index (Phi) is 5.30. The second-order valence-corrected chi connectivity index (χ2v) is 10.4. The number of carbonyl (C=O) groups is 1. The monoisotopic (exact) mass is 413 g/mol. The number of aliphatic hydroxyl groups excluding tert-OH is 1. The number of nitrogens with one attached hydrogen (secondary N) is 1. The normalized spacial score (nSPS) is 39.8. The zero-order valence-electron chi connectivity index (χ0n) is 18.0. The van der Waals surface area contributed by atoms with Gasteiger partial charge >= 0.3 is 0 Å². The number of phenolic OH excluding ortho intramolecular Hbond substituents is 1. The lowest BCUT2D eigenvalue weighted by Crippen LogP contribution is -2.44. The van der Waals surface area contributed by atoms with Crippen molar-refractivity contribution >= 4 is 5.91 Å². The average molecular weight is 414 g/mol. The molecule has 3 N–H and O–H groups in total. The number of phenols is 1. The zero-order valence-corrected chi connectivity index (χ0v) is 18.0. The number of rotatable bonds is 4. The predicted octanol–water partition coefficient (Wildman–Crippen LogP) is 3.52. The predicted molar refractivity (Wildman–Crippen MR) is 114 cm³/mol. The Morgan fingerprint density at radius 2 is 2.17 bits per heavy atom. The summed E-state index contributed by atoms with van der Waals surface area (Å²) in [7, 11) is 0. The lowest BCUT2D eigenvalue weighted by atomic mass is 9.55. The van der Waals surface area contributed by atoms with Gasteiger partial charge in [-0.2, -0.15) is 0 Å². The lowest BCUT2D eigenvalue weighted by Gasteiger charge is -2.50. The number of aliphatic hydroxyl groups is 1. The molecule has 4 aliphatic rings. The Hall–Kier alpha value is -1.59. The molecule has 0 radical (unpaired) electrons. The Morgan fingerprint density at radius 1 is 1.30 bits per heavy atom. The first kappa shape index (κ1) is 20.3. The van der Waals surface area contributed by atoms with E-state index < -0.39 is 6.10 Å². The fourth-order valence-electron chi connectivity index (χ4n) is 7.26. The zero-order chi connectivity index (χ0) is 20.9. The van der Waals surface area contributed by atoms with Crippen LogP contribution >= 0.6 is 0 Å². The van der Waals surface area contributed by atoms with Crippen LogP contribution in [0.15, 0.2) is 18.2 Å². The molecule has 164 valence electrons. The van der Waals surface area contributed by atoms with Crippen molar-refractivity contribution in [3.8, 4) is 5.75 Å². The number of carbonyl (C=O) groups excluding carboxylic acids is 1. The van der Waals surface area contributed by atoms with Gasteiger partial charge in [0.15, 0.2) is 0 Å². The molecule has 30 heavy (non-hydrogen) atoms. The summed E-state index contributed by atoms with van der Waals surface area (Å²) in [4.78, 5) is 12.6. The maximum Gasteiger partial charge on any atom is 0.220 e. The minimum Gasteiger partial charge on any atom is -0.508 e. The number of hydrogen-bond donors (Lipinski definition) is 3. The van der Waals surface area contributed by atoms with E-state index in [9.17, 15) is 15.0 Å². The molecular formula is C25H35NO4. The van der Waals surface area contributed by atoms with E-state index in [-0.39, 0.29) is 23.3 Å². The third-order valence-electron chi connectivity index (χ3n) is 8.83. The third-order valence-corrected chi connectivity index (χ3v) is 8.83. The molecule has 5 heteroatoms. The number of aromatic hydroxyl groups is 1. The number of amides is 1. The van der Waals surface area contributed by atoms with E-state index in [1.54, 1.807) is 0 Å². The van der Waals surface area contributed by atoms with Crippen molar-refractivity contribution in [2.24, 2.45) is 23.2 Å². The van der Waals surface area contributed by atoms with E-state index >= 15 is 0 Å². The maximum absolute atomic E-state index is 12.6. The van der Waals surface area contributed by atoms with Gasteiger partial charge in [0.25, 0.3) is 0 Å². The second-order valence-electron chi connectivity index (χ2n) is 10.4. The average Bonchev–Trinajstić information content (AvgIpc) is 3.34. The summed E-state index contributed by atoms with van der Waals surface area (Å²) in [5.74, 6) is 2.01. The number of aryl methyl sites for hydroxylation is 1. The van der Waals surface area contributed by atoms with Gasteiger partial charge < -0.3 is 20.3 Å². The summed E-state index contributed by atoms with van der Waals surface area (Å²) < 4.78 is 5.60. The van der Waals surface area contributed by atoms with Crippen molar-refractivity contribution in [1.82, 2.24) is 5.32 Å². The summed E-state index contributed by atoms with van der Waals surface area (Å²) in [6.45, 7) is 3.65. The SMILES string of the molecule is CC12CCC3c4ccc(O)cc4CCC3C1CC(CC(=O)NCC1CCCO1)C2O. The second kappa shape index (κ2) is 7.83. The molecule has 0 aromatic heterocycles. The molecule has 7 atom stereocenters. The molecule has 1 aromatic carbocycles. The van der Waals surface area contributed by atoms with E-state index in [0.29, 0.717) is 36.5 Å². The molecule has 1 aromatic rings. The molecule has 5 rings (SSSR count). The number of hydrogen-bond acceptors (Lipinski definition) is 4. The van der Waals surface area contributed by atoms with Crippen LogP contribution in [0.1, 0.15) is 68.9 Å². The van der Waals surface area contributed by atoms with Crippen LogP contribution in [0.25, 0.3) is 0 Å². The summed E-state index contributed by atoms with van der Waals surface area (Å²) in [5.41, 5.74) is 2.61. The molecule has 5 nitrogen and oxygen atoms in total. The summed E-state index contributed by atoms with van der Waals surface area (Å²) in [5, 5.41) is 24.2. The minimum atomic E-state index is -0.404. The molecule has 1 heterocycles. The fraction of sp³-hybridized carbons (Fsp3) is 0.720. The number of fused-ring (bicyclic) bond motifs is 5. The molecule has 2 saturated carbocycles. The fourth-order valence-corrected chi connectivity index (χ4v) is 7.26. The molecule has 1 saturated heterocycles. The van der Waals surface area contributed by atoms with Crippen LogP contribution in [0.4, 0.5) is 0 Å². The van der Waals surface area contributed by atoms with Gasteiger partial charge in [0.2, 0.25) is 5.91 Å². The van der Waals surface area contributed by atoms with E-state index in [0.717, 1.165) is 51.6 Å². The van der Waals surface area contributed by atoms with Gasteiger partial charge in [0, 0.05) is 19.6 Å². The van der Waals surface area contributed by atoms with Crippen molar-refractivity contribution in [2.75, 3.05) is 13.2 Å². The Labute approximate surface area is 179 Å². The third kappa shape index (κ3) is 3.44. The van der Waals surface area contributed by atoms with E-state index in [1.165, 1.54) is 11.1 Å². The summed E-state index contributed by atoms with van der Waals surface area (Å²) >= 11 is 0. The van der Waals surface area contributed by atoms with Gasteiger partial charge in [-0.3, -0.25) is 4.79 Å². The van der Waals surface area contributed by atoms with Gasteiger partial charge in [0.05, 0.1) is 12.2 Å². The van der Waals surface area contributed by atoms with Gasteiger partial charge in [-0.25, -0.2) is 0 Å². The first-order chi connectivity index (χ1) is 14.5. The van der Waals surface area contributed by atoms with Gasteiger partial charge in [-0.15, -0.1) is 0 Å². The Morgan fingerprint density at radius 3 is 2.97 bits per heavy atom. The smallest absolute Gasteiger partial charge is 0.220 e. The highest BCUT2D eigenvalue weighted by Crippen LogP contribution is 2.62. The first-order valence-corrected chi connectivity index (χ1v) is 11.8. The highest BCUT2D eigenvalue weighted by atomic mass is 16.5. The van der Waals surface area contributed by atoms with Gasteiger partial charge in [-0.05, 0) is 97.3 Å². The van der Waals surface area contributed by atoms with Crippen LogP contribution < -0.4 is 5.32 Å². The van der Waals surface area contributed by atoms with Gasteiger partial charge in [0.1, 0.15) is 5.75 Å². The highest BCUT2D eigenvalue weighted by molar-refractivity contribution is 5.76. The molecule has 0 spiro atoms. The van der Waals surface area contributed by atoms with Crippen molar-refractivity contribution < 1.29 is 19.7 Å². The quantitative estimate of drug-likeness (QED) is 0.706. The summed E-state index contributed by atoms with van der Waals surface area (Å²) in [6, 6.07) is 5.87. The number of benzene rings is 1. The van der Waals surface area contributed by atoms with Crippen LogP contribution in [0.5, 0.6) is 5.75 Å². The largest absolute Gasteiger partial charge is 0.508 e. The van der Waals surface area contributed by atoms with Crippen LogP contribution in [0, 0.1) is 23.2 Å².